The summed E-state index contributed by atoms with van der Waals surface area (Å²) in [5.41, 5.74) is 0.798. The first kappa shape index (κ1) is 11.5. The molecule has 0 aliphatic rings. The highest BCUT2D eigenvalue weighted by molar-refractivity contribution is 5.89. The summed E-state index contributed by atoms with van der Waals surface area (Å²) in [6.45, 7) is 1.12. The predicted molar refractivity (Wildman–Crippen MR) is 60.0 cm³/mol. The number of urea groups is 1. The third-order valence-electron chi connectivity index (χ3n) is 2.00. The fourth-order valence-electron chi connectivity index (χ4n) is 1.07. The van der Waals surface area contributed by atoms with Crippen molar-refractivity contribution in [3.05, 3.63) is 30.3 Å². The van der Waals surface area contributed by atoms with Gasteiger partial charge in [0.2, 0.25) is 0 Å². The van der Waals surface area contributed by atoms with Crippen LogP contribution in [-0.4, -0.2) is 38.2 Å². The van der Waals surface area contributed by atoms with Crippen LogP contribution < -0.4 is 5.32 Å². The lowest BCUT2D eigenvalue weighted by Gasteiger charge is -2.17. The van der Waals surface area contributed by atoms with Gasteiger partial charge in [-0.05, 0) is 12.1 Å². The van der Waals surface area contributed by atoms with Gasteiger partial charge >= 0.3 is 6.03 Å². The van der Waals surface area contributed by atoms with Gasteiger partial charge in [0.15, 0.2) is 0 Å². The standard InChI is InChI=1S/C11H16N2O2/c1-13(8-9-15-2)11(14)12-10-6-4-3-5-7-10/h3-7H,8-9H2,1-2H3,(H,12,14). The Morgan fingerprint density at radius 1 is 1.40 bits per heavy atom. The van der Waals surface area contributed by atoms with Gasteiger partial charge in [0, 0.05) is 26.4 Å². The molecule has 0 saturated carbocycles. The molecule has 0 saturated heterocycles. The zero-order valence-electron chi connectivity index (χ0n) is 9.06. The Labute approximate surface area is 89.8 Å². The molecule has 4 heteroatoms. The number of amides is 2. The molecule has 1 N–H and O–H groups in total. The van der Waals surface area contributed by atoms with E-state index in [0.29, 0.717) is 13.2 Å². The maximum absolute atomic E-state index is 11.6. The Morgan fingerprint density at radius 3 is 2.67 bits per heavy atom. The number of rotatable bonds is 4. The zero-order chi connectivity index (χ0) is 11.1. The first-order chi connectivity index (χ1) is 7.24. The largest absolute Gasteiger partial charge is 0.383 e. The molecular weight excluding hydrogens is 192 g/mol. The van der Waals surface area contributed by atoms with Crippen molar-refractivity contribution in [1.29, 1.82) is 0 Å². The van der Waals surface area contributed by atoms with E-state index >= 15 is 0 Å². The van der Waals surface area contributed by atoms with Crippen LogP contribution in [0.1, 0.15) is 0 Å². The van der Waals surface area contributed by atoms with Crippen molar-refractivity contribution in [2.24, 2.45) is 0 Å². The van der Waals surface area contributed by atoms with Gasteiger partial charge < -0.3 is 15.0 Å². The molecule has 2 amide bonds. The van der Waals surface area contributed by atoms with Crippen LogP contribution in [0.25, 0.3) is 0 Å². The number of hydrogen-bond acceptors (Lipinski definition) is 2. The topological polar surface area (TPSA) is 41.6 Å². The van der Waals surface area contributed by atoms with Crippen LogP contribution in [0.4, 0.5) is 10.5 Å². The number of hydrogen-bond donors (Lipinski definition) is 1. The van der Waals surface area contributed by atoms with E-state index in [2.05, 4.69) is 5.32 Å². The molecule has 0 bridgehead atoms. The Hall–Kier alpha value is -1.55. The highest BCUT2D eigenvalue weighted by atomic mass is 16.5. The fraction of sp³-hybridized carbons (Fsp3) is 0.364. The summed E-state index contributed by atoms with van der Waals surface area (Å²) in [6.07, 6.45) is 0. The Bertz CT molecular complexity index is 301. The number of para-hydroxylation sites is 1. The maximum atomic E-state index is 11.6. The normalized spacial score (nSPS) is 9.73. The monoisotopic (exact) mass is 208 g/mol. The second-order valence-electron chi connectivity index (χ2n) is 3.21. The number of benzene rings is 1. The number of nitrogens with one attached hydrogen (secondary N) is 1. The smallest absolute Gasteiger partial charge is 0.321 e. The van der Waals surface area contributed by atoms with Gasteiger partial charge in [-0.1, -0.05) is 18.2 Å². The molecule has 15 heavy (non-hydrogen) atoms. The molecule has 4 nitrogen and oxygen atoms in total. The van der Waals surface area contributed by atoms with Crippen LogP contribution >= 0.6 is 0 Å². The van der Waals surface area contributed by atoms with Crippen LogP contribution in [0.15, 0.2) is 30.3 Å². The molecule has 0 unspecified atom stereocenters. The highest BCUT2D eigenvalue weighted by Crippen LogP contribution is 2.05. The minimum absolute atomic E-state index is 0.127. The lowest BCUT2D eigenvalue weighted by atomic mass is 10.3. The molecule has 1 aromatic rings. The average molecular weight is 208 g/mol. The Morgan fingerprint density at radius 2 is 2.07 bits per heavy atom. The molecule has 1 aromatic carbocycles. The maximum Gasteiger partial charge on any atom is 0.321 e. The number of anilines is 1. The number of carbonyl (C=O) groups is 1. The molecule has 0 fully saturated rings. The molecule has 0 radical (unpaired) electrons. The van der Waals surface area contributed by atoms with Crippen LogP contribution in [0, 0.1) is 0 Å². The minimum Gasteiger partial charge on any atom is -0.383 e. The average Bonchev–Trinajstić information content (AvgIpc) is 2.27. The van der Waals surface area contributed by atoms with Crippen molar-refractivity contribution in [3.63, 3.8) is 0 Å². The zero-order valence-corrected chi connectivity index (χ0v) is 9.06. The van der Waals surface area contributed by atoms with E-state index in [-0.39, 0.29) is 6.03 Å². The summed E-state index contributed by atoms with van der Waals surface area (Å²) in [7, 11) is 3.35. The van der Waals surface area contributed by atoms with Crippen molar-refractivity contribution >= 4 is 11.7 Å². The van der Waals surface area contributed by atoms with E-state index in [1.54, 1.807) is 19.1 Å². The van der Waals surface area contributed by atoms with Crippen molar-refractivity contribution < 1.29 is 9.53 Å². The first-order valence-electron chi connectivity index (χ1n) is 4.80. The van der Waals surface area contributed by atoms with Crippen molar-refractivity contribution in [1.82, 2.24) is 4.90 Å². The van der Waals surface area contributed by atoms with E-state index in [1.165, 1.54) is 0 Å². The van der Waals surface area contributed by atoms with Crippen LogP contribution in [-0.2, 0) is 4.74 Å². The summed E-state index contributed by atoms with van der Waals surface area (Å²) in [6, 6.07) is 9.24. The fourth-order valence-corrected chi connectivity index (χ4v) is 1.07. The molecule has 0 aromatic heterocycles. The lowest BCUT2D eigenvalue weighted by Crippen LogP contribution is -2.33. The molecule has 0 aliphatic carbocycles. The van der Waals surface area contributed by atoms with Crippen LogP contribution in [0.5, 0.6) is 0 Å². The van der Waals surface area contributed by atoms with Crippen LogP contribution in [0.3, 0.4) is 0 Å². The van der Waals surface area contributed by atoms with Crippen molar-refractivity contribution in [3.8, 4) is 0 Å². The van der Waals surface area contributed by atoms with E-state index in [9.17, 15) is 4.79 Å². The second-order valence-corrected chi connectivity index (χ2v) is 3.21. The molecule has 0 spiro atoms. The third-order valence-corrected chi connectivity index (χ3v) is 2.00. The number of ether oxygens (including phenoxy) is 1. The molecule has 0 atom stereocenters. The quantitative estimate of drug-likeness (QED) is 0.819. The molecule has 82 valence electrons. The van der Waals surface area contributed by atoms with Gasteiger partial charge in [0.05, 0.1) is 6.61 Å². The molecule has 0 aliphatic heterocycles. The second kappa shape index (κ2) is 6.03. The Kier molecular flexibility index (Phi) is 4.63. The SMILES string of the molecule is COCCN(C)C(=O)Nc1ccccc1. The highest BCUT2D eigenvalue weighted by Gasteiger charge is 2.07. The van der Waals surface area contributed by atoms with E-state index < -0.39 is 0 Å². The van der Waals surface area contributed by atoms with E-state index in [0.717, 1.165) is 5.69 Å². The van der Waals surface area contributed by atoms with E-state index in [4.69, 9.17) is 4.74 Å². The van der Waals surface area contributed by atoms with Gasteiger partial charge in [0.25, 0.3) is 0 Å². The van der Waals surface area contributed by atoms with E-state index in [1.807, 2.05) is 30.3 Å². The van der Waals surface area contributed by atoms with Crippen molar-refractivity contribution in [2.75, 3.05) is 32.6 Å². The molecule has 0 heterocycles. The summed E-state index contributed by atoms with van der Waals surface area (Å²) < 4.78 is 4.89. The summed E-state index contributed by atoms with van der Waals surface area (Å²) in [5.74, 6) is 0. The Balaban J connectivity index is 2.42. The third kappa shape index (κ3) is 3.99. The van der Waals surface area contributed by atoms with Gasteiger partial charge in [-0.15, -0.1) is 0 Å². The molecular formula is C11H16N2O2. The summed E-state index contributed by atoms with van der Waals surface area (Å²) in [4.78, 5) is 13.2. The number of methoxy groups -OCH3 is 1. The minimum atomic E-state index is -0.127. The van der Waals surface area contributed by atoms with Gasteiger partial charge in [-0.3, -0.25) is 0 Å². The number of nitrogens with zero attached hydrogens (tertiary/aromatic N) is 1. The first-order valence-corrected chi connectivity index (χ1v) is 4.80. The van der Waals surface area contributed by atoms with Crippen molar-refractivity contribution in [2.45, 2.75) is 0 Å². The van der Waals surface area contributed by atoms with Gasteiger partial charge in [-0.25, -0.2) is 4.79 Å². The number of carbonyl (C=O) groups excluding carboxylic acids is 1. The van der Waals surface area contributed by atoms with Gasteiger partial charge in [0.1, 0.15) is 0 Å². The summed E-state index contributed by atoms with van der Waals surface area (Å²) >= 11 is 0. The number of likely N-dealkylation sites (N-methyl/N-ethyl adjacent to an activating group) is 1. The predicted octanol–water partition coefficient (Wildman–Crippen LogP) is 1.80. The van der Waals surface area contributed by atoms with Crippen LogP contribution in [0.2, 0.25) is 0 Å². The lowest BCUT2D eigenvalue weighted by molar-refractivity contribution is 0.165. The summed E-state index contributed by atoms with van der Waals surface area (Å²) in [5, 5.41) is 2.78. The van der Waals surface area contributed by atoms with Gasteiger partial charge in [-0.2, -0.15) is 0 Å². The molecule has 1 rings (SSSR count).